The largest absolute Gasteiger partial charge is 0.376 e. The molecule has 0 saturated carbocycles. The van der Waals surface area contributed by atoms with Crippen molar-refractivity contribution in [1.82, 2.24) is 4.90 Å². The number of halogens is 1. The van der Waals surface area contributed by atoms with Gasteiger partial charge in [0.1, 0.15) is 17.2 Å². The fraction of sp³-hybridized carbons (Fsp3) is 1.00. The van der Waals surface area contributed by atoms with Crippen LogP contribution < -0.4 is 0 Å². The molecule has 0 aromatic rings. The van der Waals surface area contributed by atoms with Crippen LogP contribution in [0.2, 0.25) is 0 Å². The molecule has 0 heterocycles. The summed E-state index contributed by atoms with van der Waals surface area (Å²) < 4.78 is 0. The summed E-state index contributed by atoms with van der Waals surface area (Å²) >= 11 is 0. The van der Waals surface area contributed by atoms with Crippen LogP contribution in [0.25, 0.3) is 0 Å². The molecule has 0 fully saturated rings. The number of aliphatic hydroxyl groups is 3. The molecule has 0 aliphatic carbocycles. The second-order valence-corrected chi connectivity index (χ2v) is 4.82. The van der Waals surface area contributed by atoms with Crippen molar-refractivity contribution in [2.45, 2.75) is 58.7 Å². The molecule has 14 heavy (non-hydrogen) atoms. The van der Waals surface area contributed by atoms with Crippen molar-refractivity contribution in [2.24, 2.45) is 0 Å². The van der Waals surface area contributed by atoms with E-state index < -0.39 is 17.2 Å². The highest BCUT2D eigenvalue weighted by Crippen LogP contribution is 2.28. The highest BCUT2D eigenvalue weighted by molar-refractivity contribution is 5.85. The third-order valence-electron chi connectivity index (χ3n) is 1.64. The average Bonchev–Trinajstić information content (AvgIpc) is 1.44. The molecule has 0 amide bonds. The van der Waals surface area contributed by atoms with Crippen molar-refractivity contribution in [3.05, 3.63) is 0 Å². The van der Waals surface area contributed by atoms with Crippen LogP contribution in [-0.2, 0) is 0 Å². The van der Waals surface area contributed by atoms with E-state index in [-0.39, 0.29) is 12.4 Å². The smallest absolute Gasteiger partial charge is 0.117 e. The fourth-order valence-corrected chi connectivity index (χ4v) is 2.01. The van der Waals surface area contributed by atoms with E-state index in [1.165, 1.54) is 46.4 Å². The molecule has 3 N–H and O–H groups in total. The summed E-state index contributed by atoms with van der Waals surface area (Å²) in [7, 11) is 0. The molecule has 0 radical (unpaired) electrons. The van der Waals surface area contributed by atoms with Crippen LogP contribution in [0.4, 0.5) is 0 Å². The van der Waals surface area contributed by atoms with Crippen LogP contribution in [-0.4, -0.2) is 37.4 Å². The first-order chi connectivity index (χ1) is 5.37. The van der Waals surface area contributed by atoms with Crippen LogP contribution in [0.15, 0.2) is 0 Å². The van der Waals surface area contributed by atoms with Crippen molar-refractivity contribution in [2.75, 3.05) is 0 Å². The third kappa shape index (κ3) is 4.57. The highest BCUT2D eigenvalue weighted by atomic mass is 35.5. The first-order valence-corrected chi connectivity index (χ1v) is 4.34. The lowest BCUT2D eigenvalue weighted by Crippen LogP contribution is -2.64. The van der Waals surface area contributed by atoms with Gasteiger partial charge in [0.05, 0.1) is 0 Å². The molecule has 0 aliphatic rings. The van der Waals surface area contributed by atoms with E-state index in [1.807, 2.05) is 0 Å². The lowest BCUT2D eigenvalue weighted by atomic mass is 10.1. The molecule has 0 bridgehead atoms. The Morgan fingerprint density at radius 1 is 0.643 bits per heavy atom. The molecule has 0 atom stereocenters. The Labute approximate surface area is 92.0 Å². The minimum absolute atomic E-state index is 0. The molecule has 0 rings (SSSR count). The number of hydrogen-bond donors (Lipinski definition) is 3. The van der Waals surface area contributed by atoms with Gasteiger partial charge >= 0.3 is 0 Å². The summed E-state index contributed by atoms with van der Waals surface area (Å²) in [5, 5.41) is 29.3. The molecule has 0 unspecified atom stereocenters. The third-order valence-corrected chi connectivity index (χ3v) is 1.64. The van der Waals surface area contributed by atoms with E-state index in [0.717, 1.165) is 0 Å². The van der Waals surface area contributed by atoms with Gasteiger partial charge in [-0.05, 0) is 41.5 Å². The standard InChI is InChI=1S/C9H21NO3.ClH/c1-7(2,11)10(8(3,4)12)9(5,6)13;/h11-13H,1-6H3;1H. The normalized spacial score (nSPS) is 14.1. The zero-order valence-corrected chi connectivity index (χ0v) is 10.5. The van der Waals surface area contributed by atoms with Crippen molar-refractivity contribution < 1.29 is 15.3 Å². The van der Waals surface area contributed by atoms with Gasteiger partial charge in [-0.1, -0.05) is 0 Å². The second-order valence-electron chi connectivity index (χ2n) is 4.82. The minimum Gasteiger partial charge on any atom is -0.376 e. The van der Waals surface area contributed by atoms with Crippen LogP contribution in [0.3, 0.4) is 0 Å². The van der Waals surface area contributed by atoms with Crippen LogP contribution in [0.1, 0.15) is 41.5 Å². The first kappa shape index (κ1) is 16.6. The molecular weight excluding hydrogens is 206 g/mol. The SMILES string of the molecule is CC(C)(O)N(C(C)(C)O)C(C)(C)O.Cl. The Bertz CT molecular complexity index is 143. The van der Waals surface area contributed by atoms with Crippen molar-refractivity contribution in [3.63, 3.8) is 0 Å². The summed E-state index contributed by atoms with van der Waals surface area (Å²) in [5.74, 6) is 0. The summed E-state index contributed by atoms with van der Waals surface area (Å²) in [6.45, 7) is 9.10. The number of rotatable bonds is 3. The van der Waals surface area contributed by atoms with Gasteiger partial charge < -0.3 is 15.3 Å². The van der Waals surface area contributed by atoms with Gasteiger partial charge in [0.2, 0.25) is 0 Å². The van der Waals surface area contributed by atoms with E-state index in [4.69, 9.17) is 0 Å². The molecule has 0 aromatic carbocycles. The van der Waals surface area contributed by atoms with E-state index in [2.05, 4.69) is 0 Å². The van der Waals surface area contributed by atoms with Gasteiger partial charge in [-0.2, -0.15) is 0 Å². The monoisotopic (exact) mass is 227 g/mol. The highest BCUT2D eigenvalue weighted by Gasteiger charge is 2.43. The lowest BCUT2D eigenvalue weighted by Gasteiger charge is -2.49. The molecule has 0 saturated heterocycles. The topological polar surface area (TPSA) is 63.9 Å². The predicted molar refractivity (Wildman–Crippen MR) is 58.0 cm³/mol. The molecular formula is C9H22ClNO3. The first-order valence-electron chi connectivity index (χ1n) is 4.34. The zero-order chi connectivity index (χ0) is 11.1. The van der Waals surface area contributed by atoms with E-state index >= 15 is 0 Å². The van der Waals surface area contributed by atoms with Crippen molar-refractivity contribution in [3.8, 4) is 0 Å². The molecule has 0 aliphatic heterocycles. The summed E-state index contributed by atoms with van der Waals surface area (Å²) in [4.78, 5) is 1.23. The Balaban J connectivity index is 0. The van der Waals surface area contributed by atoms with Crippen LogP contribution in [0, 0.1) is 0 Å². The van der Waals surface area contributed by atoms with E-state index in [1.54, 1.807) is 0 Å². The quantitative estimate of drug-likeness (QED) is 0.627. The lowest BCUT2D eigenvalue weighted by molar-refractivity contribution is -0.288. The molecule has 0 aromatic heterocycles. The summed E-state index contributed by atoms with van der Waals surface area (Å²) in [6.07, 6.45) is 0. The molecule has 5 heteroatoms. The molecule has 88 valence electrons. The minimum atomic E-state index is -1.28. The number of nitrogens with zero attached hydrogens (tertiary/aromatic N) is 1. The maximum absolute atomic E-state index is 9.75. The fourth-order valence-electron chi connectivity index (χ4n) is 2.01. The Morgan fingerprint density at radius 3 is 0.786 bits per heavy atom. The predicted octanol–water partition coefficient (Wildman–Crippen LogP) is 0.895. The van der Waals surface area contributed by atoms with Gasteiger partial charge in [-0.3, -0.25) is 0 Å². The Hall–Kier alpha value is 0.130. The maximum Gasteiger partial charge on any atom is 0.117 e. The summed E-state index contributed by atoms with van der Waals surface area (Å²) in [6, 6.07) is 0. The van der Waals surface area contributed by atoms with E-state index in [0.29, 0.717) is 0 Å². The van der Waals surface area contributed by atoms with Gasteiger partial charge in [-0.15, -0.1) is 12.4 Å². The van der Waals surface area contributed by atoms with E-state index in [9.17, 15) is 15.3 Å². The van der Waals surface area contributed by atoms with Crippen LogP contribution in [0.5, 0.6) is 0 Å². The van der Waals surface area contributed by atoms with Crippen LogP contribution >= 0.6 is 12.4 Å². The van der Waals surface area contributed by atoms with Gasteiger partial charge in [-0.25, -0.2) is 4.90 Å². The second kappa shape index (κ2) is 4.33. The van der Waals surface area contributed by atoms with Gasteiger partial charge in [0, 0.05) is 0 Å². The number of hydrogen-bond acceptors (Lipinski definition) is 4. The van der Waals surface area contributed by atoms with Gasteiger partial charge in [0.15, 0.2) is 0 Å². The maximum atomic E-state index is 9.75. The van der Waals surface area contributed by atoms with Crippen molar-refractivity contribution in [1.29, 1.82) is 0 Å². The van der Waals surface area contributed by atoms with Gasteiger partial charge in [0.25, 0.3) is 0 Å². The molecule has 4 nitrogen and oxygen atoms in total. The Morgan fingerprint density at radius 2 is 0.786 bits per heavy atom. The summed E-state index contributed by atoms with van der Waals surface area (Å²) in [5.41, 5.74) is -3.84. The average molecular weight is 228 g/mol. The zero-order valence-electron chi connectivity index (χ0n) is 9.70. The molecule has 0 spiro atoms. The van der Waals surface area contributed by atoms with Crippen molar-refractivity contribution >= 4 is 12.4 Å². The Kier molecular flexibility index (Phi) is 5.12.